The Morgan fingerprint density at radius 1 is 1.26 bits per heavy atom. The molecule has 2 heterocycles. The molecule has 0 aromatic carbocycles. The van der Waals surface area contributed by atoms with Crippen molar-refractivity contribution in [2.45, 2.75) is 46.1 Å². The Balaban J connectivity index is 1.81. The lowest BCUT2D eigenvalue weighted by Crippen LogP contribution is -2.37. The number of rotatable bonds is 5. The predicted octanol–water partition coefficient (Wildman–Crippen LogP) is 3.15. The lowest BCUT2D eigenvalue weighted by molar-refractivity contribution is -0.0168. The number of piperidine rings is 1. The van der Waals surface area contributed by atoms with Gasteiger partial charge in [0.1, 0.15) is 6.61 Å². The summed E-state index contributed by atoms with van der Waals surface area (Å²) in [4.78, 5) is 18.5. The number of hydrogen-bond acceptors (Lipinski definition) is 4. The van der Waals surface area contributed by atoms with Crippen molar-refractivity contribution < 1.29 is 14.3 Å². The molecule has 23 heavy (non-hydrogen) atoms. The molecule has 5 nitrogen and oxygen atoms in total. The van der Waals surface area contributed by atoms with E-state index in [2.05, 4.69) is 11.9 Å². The van der Waals surface area contributed by atoms with Crippen molar-refractivity contribution in [1.82, 2.24) is 9.88 Å². The first-order valence-corrected chi connectivity index (χ1v) is 8.37. The molecule has 5 heteroatoms. The van der Waals surface area contributed by atoms with Gasteiger partial charge in [-0.1, -0.05) is 6.92 Å². The first-order chi connectivity index (χ1) is 10.8. The summed E-state index contributed by atoms with van der Waals surface area (Å²) in [6.07, 6.45) is 3.75. The van der Waals surface area contributed by atoms with Gasteiger partial charge in [-0.2, -0.15) is 0 Å². The zero-order chi connectivity index (χ0) is 16.9. The molecule has 1 aliphatic heterocycles. The van der Waals surface area contributed by atoms with Gasteiger partial charge in [0.05, 0.1) is 17.8 Å². The molecule has 1 saturated heterocycles. The Labute approximate surface area is 139 Å². The van der Waals surface area contributed by atoms with Crippen LogP contribution in [-0.4, -0.2) is 47.7 Å². The lowest BCUT2D eigenvalue weighted by atomic mass is 9.99. The summed E-state index contributed by atoms with van der Waals surface area (Å²) in [5.41, 5.74) is 0.455. The number of carbonyl (C=O) groups excluding carboxylic acids is 1. The summed E-state index contributed by atoms with van der Waals surface area (Å²) in [5, 5.41) is 0. The van der Waals surface area contributed by atoms with Gasteiger partial charge in [-0.25, -0.2) is 4.98 Å². The minimum Gasteiger partial charge on any atom is -0.475 e. The summed E-state index contributed by atoms with van der Waals surface area (Å²) < 4.78 is 11.1. The highest BCUT2D eigenvalue weighted by Crippen LogP contribution is 2.18. The standard InChI is InChI=1S/C18H28N2O3/c1-14-7-9-20(10-8-14)17(21)15-5-6-16(19-13-15)22-11-12-23-18(2,3)4/h5-6,13-14H,7-12H2,1-4H3. The number of ether oxygens (including phenoxy) is 2. The van der Waals surface area contributed by atoms with Crippen LogP contribution >= 0.6 is 0 Å². The number of carbonyl (C=O) groups is 1. The minimum absolute atomic E-state index is 0.0621. The van der Waals surface area contributed by atoms with E-state index in [-0.39, 0.29) is 11.5 Å². The predicted molar refractivity (Wildman–Crippen MR) is 89.7 cm³/mol. The van der Waals surface area contributed by atoms with Crippen LogP contribution < -0.4 is 4.74 Å². The highest BCUT2D eigenvalue weighted by Gasteiger charge is 2.21. The molecule has 0 unspecified atom stereocenters. The fourth-order valence-corrected chi connectivity index (χ4v) is 2.48. The molecular weight excluding hydrogens is 292 g/mol. The highest BCUT2D eigenvalue weighted by molar-refractivity contribution is 5.94. The number of nitrogens with zero attached hydrogens (tertiary/aromatic N) is 2. The van der Waals surface area contributed by atoms with Crippen molar-refractivity contribution in [3.63, 3.8) is 0 Å². The van der Waals surface area contributed by atoms with Crippen molar-refractivity contribution in [1.29, 1.82) is 0 Å². The van der Waals surface area contributed by atoms with E-state index in [9.17, 15) is 4.79 Å². The van der Waals surface area contributed by atoms with Crippen molar-refractivity contribution >= 4 is 5.91 Å². The third-order valence-electron chi connectivity index (χ3n) is 3.92. The second-order valence-corrected chi connectivity index (χ2v) is 7.17. The van der Waals surface area contributed by atoms with E-state index in [1.54, 1.807) is 18.3 Å². The average Bonchev–Trinajstić information content (AvgIpc) is 2.51. The molecule has 1 aromatic rings. The SMILES string of the molecule is CC1CCN(C(=O)c2ccc(OCCOC(C)(C)C)nc2)CC1. The first-order valence-electron chi connectivity index (χ1n) is 8.37. The van der Waals surface area contributed by atoms with Gasteiger partial charge >= 0.3 is 0 Å². The molecule has 0 aliphatic carbocycles. The normalized spacial score (nSPS) is 16.4. The maximum absolute atomic E-state index is 12.4. The van der Waals surface area contributed by atoms with Gasteiger partial charge in [0.25, 0.3) is 5.91 Å². The zero-order valence-corrected chi connectivity index (χ0v) is 14.7. The van der Waals surface area contributed by atoms with Gasteiger partial charge in [-0.05, 0) is 45.6 Å². The molecule has 128 valence electrons. The molecule has 1 amide bonds. The molecule has 0 saturated carbocycles. The van der Waals surface area contributed by atoms with Gasteiger partial charge in [0.15, 0.2) is 0 Å². The Morgan fingerprint density at radius 3 is 2.52 bits per heavy atom. The third kappa shape index (κ3) is 5.82. The maximum atomic E-state index is 12.4. The fourth-order valence-electron chi connectivity index (χ4n) is 2.48. The monoisotopic (exact) mass is 320 g/mol. The first kappa shape index (κ1) is 17.7. The molecular formula is C18H28N2O3. The summed E-state index contributed by atoms with van der Waals surface area (Å²) >= 11 is 0. The Hall–Kier alpha value is -1.62. The second-order valence-electron chi connectivity index (χ2n) is 7.17. The third-order valence-corrected chi connectivity index (χ3v) is 3.92. The van der Waals surface area contributed by atoms with E-state index in [1.807, 2.05) is 25.7 Å². The van der Waals surface area contributed by atoms with Gasteiger partial charge in [0.2, 0.25) is 5.88 Å². The molecule has 0 bridgehead atoms. The molecule has 1 fully saturated rings. The van der Waals surface area contributed by atoms with Crippen LogP contribution in [0.3, 0.4) is 0 Å². The number of pyridine rings is 1. The number of amides is 1. The quantitative estimate of drug-likeness (QED) is 0.782. The van der Waals surface area contributed by atoms with Gasteiger partial charge < -0.3 is 14.4 Å². The van der Waals surface area contributed by atoms with Crippen LogP contribution in [0.1, 0.15) is 50.9 Å². The largest absolute Gasteiger partial charge is 0.475 e. The van der Waals surface area contributed by atoms with Crippen molar-refractivity contribution in [2.75, 3.05) is 26.3 Å². The molecule has 1 aliphatic rings. The van der Waals surface area contributed by atoms with Gasteiger partial charge in [-0.15, -0.1) is 0 Å². The van der Waals surface area contributed by atoms with E-state index in [1.165, 1.54) is 0 Å². The van der Waals surface area contributed by atoms with Crippen LogP contribution in [0, 0.1) is 5.92 Å². The van der Waals surface area contributed by atoms with Crippen LogP contribution in [0.5, 0.6) is 5.88 Å². The van der Waals surface area contributed by atoms with E-state index in [0.717, 1.165) is 25.9 Å². The zero-order valence-electron chi connectivity index (χ0n) is 14.7. The Bertz CT molecular complexity index is 500. The molecule has 0 N–H and O–H groups in total. The van der Waals surface area contributed by atoms with Gasteiger partial charge in [0, 0.05) is 25.4 Å². The van der Waals surface area contributed by atoms with Crippen LogP contribution in [0.25, 0.3) is 0 Å². The smallest absolute Gasteiger partial charge is 0.255 e. The van der Waals surface area contributed by atoms with E-state index >= 15 is 0 Å². The molecule has 0 radical (unpaired) electrons. The summed E-state index contributed by atoms with van der Waals surface area (Å²) in [5.74, 6) is 1.29. The lowest BCUT2D eigenvalue weighted by Gasteiger charge is -2.30. The molecule has 0 spiro atoms. The maximum Gasteiger partial charge on any atom is 0.255 e. The summed E-state index contributed by atoms with van der Waals surface area (Å²) in [7, 11) is 0. The van der Waals surface area contributed by atoms with Crippen molar-refractivity contribution in [3.8, 4) is 5.88 Å². The van der Waals surface area contributed by atoms with Crippen molar-refractivity contribution in [3.05, 3.63) is 23.9 Å². The van der Waals surface area contributed by atoms with E-state index in [4.69, 9.17) is 9.47 Å². The van der Waals surface area contributed by atoms with Crippen LogP contribution in [0.15, 0.2) is 18.3 Å². The molecule has 1 aromatic heterocycles. The van der Waals surface area contributed by atoms with Crippen LogP contribution in [0.4, 0.5) is 0 Å². The second kappa shape index (κ2) is 7.77. The Morgan fingerprint density at radius 2 is 1.96 bits per heavy atom. The van der Waals surface area contributed by atoms with Crippen LogP contribution in [0.2, 0.25) is 0 Å². The topological polar surface area (TPSA) is 51.7 Å². The van der Waals surface area contributed by atoms with E-state index < -0.39 is 0 Å². The minimum atomic E-state index is -0.168. The Kier molecular flexibility index (Phi) is 5.99. The number of aromatic nitrogens is 1. The average molecular weight is 320 g/mol. The van der Waals surface area contributed by atoms with Crippen molar-refractivity contribution in [2.24, 2.45) is 5.92 Å². The highest BCUT2D eigenvalue weighted by atomic mass is 16.5. The molecule has 2 rings (SSSR count). The molecule has 0 atom stereocenters. The number of hydrogen-bond donors (Lipinski definition) is 0. The fraction of sp³-hybridized carbons (Fsp3) is 0.667. The van der Waals surface area contributed by atoms with Gasteiger partial charge in [-0.3, -0.25) is 4.79 Å². The number of likely N-dealkylation sites (tertiary alicyclic amines) is 1. The summed E-state index contributed by atoms with van der Waals surface area (Å²) in [6, 6.07) is 3.53. The summed E-state index contributed by atoms with van der Waals surface area (Å²) in [6.45, 7) is 10.9. The van der Waals surface area contributed by atoms with E-state index in [0.29, 0.717) is 30.6 Å². The van der Waals surface area contributed by atoms with Crippen LogP contribution in [-0.2, 0) is 4.74 Å².